The van der Waals surface area contributed by atoms with Crippen molar-refractivity contribution >= 4 is 11.6 Å². The molecule has 0 aliphatic heterocycles. The van der Waals surface area contributed by atoms with Crippen molar-refractivity contribution in [1.29, 1.82) is 0 Å². The van der Waals surface area contributed by atoms with Crippen LogP contribution in [-0.2, 0) is 5.60 Å². The Labute approximate surface area is 83.7 Å². The van der Waals surface area contributed by atoms with Crippen LogP contribution in [0, 0.1) is 0 Å². The van der Waals surface area contributed by atoms with Crippen molar-refractivity contribution < 1.29 is 5.11 Å². The molecule has 0 spiro atoms. The maximum atomic E-state index is 10.1. The summed E-state index contributed by atoms with van der Waals surface area (Å²) in [6.45, 7) is 3.49. The number of aliphatic hydroxyl groups is 1. The molecule has 0 aliphatic rings. The first-order valence-electron chi connectivity index (χ1n) is 4.19. The average molecular weight is 197 g/mol. The first kappa shape index (κ1) is 10.3. The van der Waals surface area contributed by atoms with Crippen LogP contribution in [0.2, 0.25) is 0 Å². The van der Waals surface area contributed by atoms with E-state index in [1.807, 2.05) is 30.3 Å². The highest BCUT2D eigenvalue weighted by Gasteiger charge is 2.25. The molecule has 1 nitrogen and oxygen atoms in total. The lowest BCUT2D eigenvalue weighted by atomic mass is 9.95. The Hall–Kier alpha value is -0.790. The van der Waals surface area contributed by atoms with Gasteiger partial charge in [-0.3, -0.25) is 0 Å². The molecule has 1 unspecified atom stereocenters. The van der Waals surface area contributed by atoms with Gasteiger partial charge in [0.05, 0.1) is 0 Å². The van der Waals surface area contributed by atoms with Crippen LogP contribution in [0.3, 0.4) is 0 Å². The molecular weight excluding hydrogens is 184 g/mol. The Morgan fingerprint density at radius 3 is 2.38 bits per heavy atom. The lowest BCUT2D eigenvalue weighted by Crippen LogP contribution is -2.21. The van der Waals surface area contributed by atoms with Gasteiger partial charge in [0, 0.05) is 5.03 Å². The van der Waals surface area contributed by atoms with Crippen molar-refractivity contribution in [1.82, 2.24) is 0 Å². The van der Waals surface area contributed by atoms with E-state index in [1.54, 1.807) is 19.9 Å². The maximum Gasteiger partial charge on any atom is 0.122 e. The van der Waals surface area contributed by atoms with Gasteiger partial charge in [-0.05, 0) is 19.4 Å². The summed E-state index contributed by atoms with van der Waals surface area (Å²) < 4.78 is 0. The van der Waals surface area contributed by atoms with E-state index in [0.29, 0.717) is 5.03 Å². The molecule has 0 radical (unpaired) electrons. The molecule has 0 fully saturated rings. The third kappa shape index (κ3) is 2.11. The van der Waals surface area contributed by atoms with Crippen LogP contribution < -0.4 is 0 Å². The summed E-state index contributed by atoms with van der Waals surface area (Å²) in [5.74, 6) is 0. The summed E-state index contributed by atoms with van der Waals surface area (Å²) in [6.07, 6.45) is 1.70. The standard InChI is InChI=1S/C11H13ClO/c1-3-10(12)11(2,13)9-7-5-4-6-8-9/h3-8,13H,1-2H3. The van der Waals surface area contributed by atoms with E-state index in [4.69, 9.17) is 11.6 Å². The monoisotopic (exact) mass is 196 g/mol. The summed E-state index contributed by atoms with van der Waals surface area (Å²) in [4.78, 5) is 0. The van der Waals surface area contributed by atoms with Crippen molar-refractivity contribution in [2.75, 3.05) is 0 Å². The van der Waals surface area contributed by atoms with E-state index < -0.39 is 5.60 Å². The van der Waals surface area contributed by atoms with Gasteiger partial charge in [0.1, 0.15) is 5.60 Å². The van der Waals surface area contributed by atoms with Gasteiger partial charge < -0.3 is 5.11 Å². The Kier molecular flexibility index (Phi) is 3.12. The molecule has 0 saturated carbocycles. The van der Waals surface area contributed by atoms with Crippen LogP contribution in [0.25, 0.3) is 0 Å². The number of rotatable bonds is 2. The highest BCUT2D eigenvalue weighted by Crippen LogP contribution is 2.30. The molecule has 1 aromatic carbocycles. The fourth-order valence-electron chi connectivity index (χ4n) is 1.18. The zero-order valence-corrected chi connectivity index (χ0v) is 8.55. The Bertz CT molecular complexity index is 301. The molecule has 1 aromatic rings. The topological polar surface area (TPSA) is 20.2 Å². The van der Waals surface area contributed by atoms with Crippen molar-refractivity contribution in [3.05, 3.63) is 47.0 Å². The SMILES string of the molecule is CC=C(Cl)C(C)(O)c1ccccc1. The fraction of sp³-hybridized carbons (Fsp3) is 0.273. The van der Waals surface area contributed by atoms with E-state index in [1.165, 1.54) is 0 Å². The molecule has 0 bridgehead atoms. The minimum atomic E-state index is -1.07. The van der Waals surface area contributed by atoms with Gasteiger partial charge in [-0.15, -0.1) is 0 Å². The smallest absolute Gasteiger partial charge is 0.122 e. The third-order valence-corrected chi connectivity index (χ3v) is 2.64. The van der Waals surface area contributed by atoms with E-state index in [9.17, 15) is 5.11 Å². The molecule has 13 heavy (non-hydrogen) atoms. The van der Waals surface area contributed by atoms with Crippen LogP contribution >= 0.6 is 11.6 Å². The van der Waals surface area contributed by atoms with Crippen LogP contribution in [0.1, 0.15) is 19.4 Å². The number of allylic oxidation sites excluding steroid dienone is 1. The summed E-state index contributed by atoms with van der Waals surface area (Å²) in [6, 6.07) is 9.37. The molecule has 70 valence electrons. The van der Waals surface area contributed by atoms with Gasteiger partial charge in [-0.2, -0.15) is 0 Å². The molecule has 0 aliphatic carbocycles. The van der Waals surface area contributed by atoms with Gasteiger partial charge in [-0.1, -0.05) is 48.0 Å². The summed E-state index contributed by atoms with van der Waals surface area (Å²) in [5.41, 5.74) is -0.268. The number of benzene rings is 1. The molecular formula is C11H13ClO. The van der Waals surface area contributed by atoms with Gasteiger partial charge in [0.15, 0.2) is 0 Å². The first-order chi connectivity index (χ1) is 6.09. The third-order valence-electron chi connectivity index (χ3n) is 2.05. The normalized spacial score (nSPS) is 16.8. The Balaban J connectivity index is 3.08. The molecule has 1 N–H and O–H groups in total. The molecule has 1 rings (SSSR count). The zero-order chi connectivity index (χ0) is 9.90. The largest absolute Gasteiger partial charge is 0.380 e. The minimum absolute atomic E-state index is 0.443. The van der Waals surface area contributed by atoms with Crippen molar-refractivity contribution in [2.45, 2.75) is 19.4 Å². The molecule has 0 aromatic heterocycles. The second-order valence-corrected chi connectivity index (χ2v) is 3.48. The van der Waals surface area contributed by atoms with E-state index in [-0.39, 0.29) is 0 Å². The number of hydrogen-bond acceptors (Lipinski definition) is 1. The van der Waals surface area contributed by atoms with Gasteiger partial charge in [-0.25, -0.2) is 0 Å². The first-order valence-corrected chi connectivity index (χ1v) is 4.57. The minimum Gasteiger partial charge on any atom is -0.380 e. The molecule has 0 amide bonds. The highest BCUT2D eigenvalue weighted by atomic mass is 35.5. The Morgan fingerprint density at radius 1 is 1.38 bits per heavy atom. The van der Waals surface area contributed by atoms with E-state index in [2.05, 4.69) is 0 Å². The quantitative estimate of drug-likeness (QED) is 0.771. The predicted molar refractivity (Wildman–Crippen MR) is 55.6 cm³/mol. The molecule has 1 atom stereocenters. The average Bonchev–Trinajstić information content (AvgIpc) is 2.18. The lowest BCUT2D eigenvalue weighted by Gasteiger charge is -2.22. The van der Waals surface area contributed by atoms with Crippen LogP contribution in [0.5, 0.6) is 0 Å². The summed E-state index contributed by atoms with van der Waals surface area (Å²) >= 11 is 5.90. The zero-order valence-electron chi connectivity index (χ0n) is 7.79. The van der Waals surface area contributed by atoms with Crippen LogP contribution in [0.15, 0.2) is 41.4 Å². The van der Waals surface area contributed by atoms with Gasteiger partial charge in [0.2, 0.25) is 0 Å². The second-order valence-electron chi connectivity index (χ2n) is 3.07. The summed E-state index contributed by atoms with van der Waals surface area (Å²) in [7, 11) is 0. The number of halogens is 1. The highest BCUT2D eigenvalue weighted by molar-refractivity contribution is 6.30. The fourth-order valence-corrected chi connectivity index (χ4v) is 1.29. The second kappa shape index (κ2) is 3.95. The lowest BCUT2D eigenvalue weighted by molar-refractivity contribution is 0.106. The summed E-state index contributed by atoms with van der Waals surface area (Å²) in [5, 5.41) is 10.5. The predicted octanol–water partition coefficient (Wildman–Crippen LogP) is 3.04. The number of hydrogen-bond donors (Lipinski definition) is 1. The van der Waals surface area contributed by atoms with Crippen LogP contribution in [-0.4, -0.2) is 5.11 Å². The Morgan fingerprint density at radius 2 is 1.92 bits per heavy atom. The molecule has 2 heteroatoms. The maximum absolute atomic E-state index is 10.1. The van der Waals surface area contributed by atoms with E-state index in [0.717, 1.165) is 5.56 Å². The van der Waals surface area contributed by atoms with Crippen molar-refractivity contribution in [3.8, 4) is 0 Å². The van der Waals surface area contributed by atoms with Gasteiger partial charge in [0.25, 0.3) is 0 Å². The van der Waals surface area contributed by atoms with E-state index >= 15 is 0 Å². The van der Waals surface area contributed by atoms with Crippen molar-refractivity contribution in [3.63, 3.8) is 0 Å². The van der Waals surface area contributed by atoms with Gasteiger partial charge >= 0.3 is 0 Å². The van der Waals surface area contributed by atoms with Crippen LogP contribution in [0.4, 0.5) is 0 Å². The molecule has 0 heterocycles. The van der Waals surface area contributed by atoms with Crippen molar-refractivity contribution in [2.24, 2.45) is 0 Å². The molecule has 0 saturated heterocycles.